The molecule has 1 fully saturated rings. The SMILES string of the molecule is CCCCCC1(O)CCCCC1O. The van der Waals surface area contributed by atoms with Gasteiger partial charge in [0.15, 0.2) is 0 Å². The molecule has 2 heteroatoms. The third-order valence-electron chi connectivity index (χ3n) is 3.17. The number of hydrogen-bond acceptors (Lipinski definition) is 2. The highest BCUT2D eigenvalue weighted by atomic mass is 16.3. The van der Waals surface area contributed by atoms with Gasteiger partial charge in [-0.3, -0.25) is 0 Å². The number of rotatable bonds is 4. The first-order valence-corrected chi connectivity index (χ1v) is 5.59. The smallest absolute Gasteiger partial charge is 0.0905 e. The molecule has 0 heterocycles. The lowest BCUT2D eigenvalue weighted by atomic mass is 9.79. The molecule has 1 rings (SSSR count). The van der Waals surface area contributed by atoms with Crippen molar-refractivity contribution in [1.82, 2.24) is 0 Å². The lowest BCUT2D eigenvalue weighted by Crippen LogP contribution is -2.44. The Kier molecular flexibility index (Phi) is 4.20. The Labute approximate surface area is 81.0 Å². The summed E-state index contributed by atoms with van der Waals surface area (Å²) < 4.78 is 0. The van der Waals surface area contributed by atoms with Crippen molar-refractivity contribution in [1.29, 1.82) is 0 Å². The highest BCUT2D eigenvalue weighted by Gasteiger charge is 2.36. The average molecular weight is 186 g/mol. The molecule has 1 aliphatic carbocycles. The van der Waals surface area contributed by atoms with E-state index in [0.717, 1.165) is 44.9 Å². The summed E-state index contributed by atoms with van der Waals surface area (Å²) in [6.07, 6.45) is 7.39. The van der Waals surface area contributed by atoms with Gasteiger partial charge in [-0.25, -0.2) is 0 Å². The van der Waals surface area contributed by atoms with Crippen LogP contribution in [0.1, 0.15) is 58.3 Å². The minimum absolute atomic E-state index is 0.474. The summed E-state index contributed by atoms with van der Waals surface area (Å²) in [4.78, 5) is 0. The monoisotopic (exact) mass is 186 g/mol. The molecule has 0 aromatic rings. The van der Waals surface area contributed by atoms with Crippen LogP contribution in [-0.4, -0.2) is 21.9 Å². The standard InChI is InChI=1S/C11H22O2/c1-2-3-5-8-11(13)9-6-4-7-10(11)12/h10,12-13H,2-9H2,1H3. The van der Waals surface area contributed by atoms with Crippen LogP contribution in [0.3, 0.4) is 0 Å². The molecule has 0 aromatic heterocycles. The summed E-state index contributed by atoms with van der Waals surface area (Å²) in [6.45, 7) is 2.15. The van der Waals surface area contributed by atoms with Crippen LogP contribution in [0.4, 0.5) is 0 Å². The second kappa shape index (κ2) is 4.97. The van der Waals surface area contributed by atoms with Crippen molar-refractivity contribution < 1.29 is 10.2 Å². The molecule has 0 spiro atoms. The van der Waals surface area contributed by atoms with Gasteiger partial charge in [-0.05, 0) is 19.3 Å². The molecule has 0 bridgehead atoms. The van der Waals surface area contributed by atoms with Crippen LogP contribution in [0.15, 0.2) is 0 Å². The topological polar surface area (TPSA) is 40.5 Å². The average Bonchev–Trinajstić information content (AvgIpc) is 2.11. The first-order valence-electron chi connectivity index (χ1n) is 5.59. The van der Waals surface area contributed by atoms with Gasteiger partial charge in [0.2, 0.25) is 0 Å². The van der Waals surface area contributed by atoms with Crippen molar-refractivity contribution in [3.63, 3.8) is 0 Å². The molecule has 0 aromatic carbocycles. The Hall–Kier alpha value is -0.0800. The summed E-state index contributed by atoms with van der Waals surface area (Å²) >= 11 is 0. The van der Waals surface area contributed by atoms with Gasteiger partial charge in [0, 0.05) is 0 Å². The molecular formula is C11H22O2. The van der Waals surface area contributed by atoms with Crippen LogP contribution in [0.5, 0.6) is 0 Å². The van der Waals surface area contributed by atoms with E-state index in [1.807, 2.05) is 0 Å². The highest BCUT2D eigenvalue weighted by Crippen LogP contribution is 2.32. The normalized spacial score (nSPS) is 34.8. The fourth-order valence-corrected chi connectivity index (χ4v) is 2.18. The fraction of sp³-hybridized carbons (Fsp3) is 1.00. The van der Waals surface area contributed by atoms with E-state index in [-0.39, 0.29) is 0 Å². The first kappa shape index (κ1) is 11.0. The molecule has 0 amide bonds. The minimum atomic E-state index is -0.757. The predicted molar refractivity (Wildman–Crippen MR) is 53.6 cm³/mol. The van der Waals surface area contributed by atoms with Crippen LogP contribution in [0.2, 0.25) is 0 Å². The zero-order valence-electron chi connectivity index (χ0n) is 8.63. The van der Waals surface area contributed by atoms with Gasteiger partial charge in [0.25, 0.3) is 0 Å². The molecule has 1 aliphatic rings. The summed E-state index contributed by atoms with van der Waals surface area (Å²) in [6, 6.07) is 0. The van der Waals surface area contributed by atoms with Crippen LogP contribution in [-0.2, 0) is 0 Å². The third-order valence-corrected chi connectivity index (χ3v) is 3.17. The predicted octanol–water partition coefficient (Wildman–Crippen LogP) is 2.23. The molecule has 13 heavy (non-hydrogen) atoms. The van der Waals surface area contributed by atoms with E-state index in [9.17, 15) is 10.2 Å². The number of aliphatic hydroxyl groups is 2. The van der Waals surface area contributed by atoms with Crippen molar-refractivity contribution >= 4 is 0 Å². The van der Waals surface area contributed by atoms with Gasteiger partial charge in [-0.1, -0.05) is 39.0 Å². The van der Waals surface area contributed by atoms with E-state index in [1.54, 1.807) is 0 Å². The van der Waals surface area contributed by atoms with Gasteiger partial charge >= 0.3 is 0 Å². The Bertz CT molecular complexity index is 147. The van der Waals surface area contributed by atoms with E-state index in [4.69, 9.17) is 0 Å². The zero-order valence-corrected chi connectivity index (χ0v) is 8.63. The third kappa shape index (κ3) is 2.96. The van der Waals surface area contributed by atoms with E-state index >= 15 is 0 Å². The second-order valence-electron chi connectivity index (χ2n) is 4.32. The molecule has 78 valence electrons. The molecule has 0 radical (unpaired) electrons. The van der Waals surface area contributed by atoms with Crippen molar-refractivity contribution in [3.8, 4) is 0 Å². The fourth-order valence-electron chi connectivity index (χ4n) is 2.18. The van der Waals surface area contributed by atoms with Crippen molar-refractivity contribution in [3.05, 3.63) is 0 Å². The van der Waals surface area contributed by atoms with Gasteiger partial charge < -0.3 is 10.2 Å². The number of unbranched alkanes of at least 4 members (excludes halogenated alkanes) is 2. The van der Waals surface area contributed by atoms with E-state index in [1.165, 1.54) is 6.42 Å². The van der Waals surface area contributed by atoms with Crippen molar-refractivity contribution in [2.45, 2.75) is 70.0 Å². The molecule has 0 saturated heterocycles. The molecular weight excluding hydrogens is 164 g/mol. The quantitative estimate of drug-likeness (QED) is 0.661. The van der Waals surface area contributed by atoms with Gasteiger partial charge in [0.1, 0.15) is 0 Å². The Morgan fingerprint density at radius 2 is 2.08 bits per heavy atom. The maximum Gasteiger partial charge on any atom is 0.0905 e. The lowest BCUT2D eigenvalue weighted by molar-refractivity contribution is -0.105. The maximum absolute atomic E-state index is 10.1. The van der Waals surface area contributed by atoms with Gasteiger partial charge in [-0.2, -0.15) is 0 Å². The summed E-state index contributed by atoms with van der Waals surface area (Å²) in [7, 11) is 0. The van der Waals surface area contributed by atoms with Crippen molar-refractivity contribution in [2.24, 2.45) is 0 Å². The van der Waals surface area contributed by atoms with Crippen LogP contribution in [0, 0.1) is 0 Å². The molecule has 2 N–H and O–H groups in total. The number of aliphatic hydroxyl groups excluding tert-OH is 1. The zero-order chi connectivity index (χ0) is 9.73. The van der Waals surface area contributed by atoms with Crippen molar-refractivity contribution in [2.75, 3.05) is 0 Å². The first-order chi connectivity index (χ1) is 6.19. The van der Waals surface area contributed by atoms with Gasteiger partial charge in [0.05, 0.1) is 11.7 Å². The molecule has 1 saturated carbocycles. The van der Waals surface area contributed by atoms with Crippen LogP contribution >= 0.6 is 0 Å². The Morgan fingerprint density at radius 1 is 1.31 bits per heavy atom. The number of hydrogen-bond donors (Lipinski definition) is 2. The molecule has 2 nitrogen and oxygen atoms in total. The second-order valence-corrected chi connectivity index (χ2v) is 4.32. The van der Waals surface area contributed by atoms with Crippen LogP contribution in [0.25, 0.3) is 0 Å². The summed E-state index contributed by atoms with van der Waals surface area (Å²) in [5.74, 6) is 0. The van der Waals surface area contributed by atoms with E-state index in [0.29, 0.717) is 0 Å². The van der Waals surface area contributed by atoms with E-state index < -0.39 is 11.7 Å². The minimum Gasteiger partial charge on any atom is -0.390 e. The summed E-state index contributed by atoms with van der Waals surface area (Å²) in [5, 5.41) is 19.8. The summed E-state index contributed by atoms with van der Waals surface area (Å²) in [5.41, 5.74) is -0.757. The Morgan fingerprint density at radius 3 is 2.69 bits per heavy atom. The molecule has 2 unspecified atom stereocenters. The Balaban J connectivity index is 2.33. The highest BCUT2D eigenvalue weighted by molar-refractivity contribution is 4.89. The van der Waals surface area contributed by atoms with Crippen LogP contribution < -0.4 is 0 Å². The molecule has 2 atom stereocenters. The maximum atomic E-state index is 10.1. The lowest BCUT2D eigenvalue weighted by Gasteiger charge is -2.37. The van der Waals surface area contributed by atoms with Gasteiger partial charge in [-0.15, -0.1) is 0 Å². The molecule has 0 aliphatic heterocycles. The largest absolute Gasteiger partial charge is 0.390 e. The van der Waals surface area contributed by atoms with E-state index in [2.05, 4.69) is 6.92 Å².